The number of ether oxygens (including phenoxy) is 2. The van der Waals surface area contributed by atoms with Crippen LogP contribution in [-0.4, -0.2) is 43.5 Å². The second-order valence-electron chi connectivity index (χ2n) is 6.01. The van der Waals surface area contributed by atoms with Crippen LogP contribution >= 0.6 is 11.6 Å². The molecule has 0 spiro atoms. The van der Waals surface area contributed by atoms with E-state index in [1.807, 2.05) is 6.92 Å². The van der Waals surface area contributed by atoms with Crippen molar-refractivity contribution in [2.75, 3.05) is 31.2 Å². The Labute approximate surface area is 146 Å². The molecule has 0 aliphatic carbocycles. The Hall–Kier alpha value is -1.86. The Morgan fingerprint density at radius 1 is 1.21 bits per heavy atom. The highest BCUT2D eigenvalue weighted by Crippen LogP contribution is 2.31. The van der Waals surface area contributed by atoms with E-state index in [4.69, 9.17) is 21.1 Å². The molecule has 126 valence electrons. The first-order valence-electron chi connectivity index (χ1n) is 8.18. The zero-order valence-electron chi connectivity index (χ0n) is 13.6. The van der Waals surface area contributed by atoms with Gasteiger partial charge in [-0.05, 0) is 24.8 Å². The Morgan fingerprint density at radius 2 is 1.88 bits per heavy atom. The van der Waals surface area contributed by atoms with Gasteiger partial charge in [0, 0.05) is 13.1 Å². The average molecular weight is 347 g/mol. The summed E-state index contributed by atoms with van der Waals surface area (Å²) in [7, 11) is 0. The Kier molecular flexibility index (Phi) is 5.20. The molecule has 3 heterocycles. The maximum absolute atomic E-state index is 9.57. The lowest BCUT2D eigenvalue weighted by Crippen LogP contribution is -2.44. The number of nitriles is 2. The number of nitrogens with zero attached hydrogens (tertiary/aromatic N) is 4. The van der Waals surface area contributed by atoms with Crippen LogP contribution in [0.2, 0.25) is 5.15 Å². The Balaban J connectivity index is 1.79. The van der Waals surface area contributed by atoms with E-state index in [1.54, 1.807) is 0 Å². The lowest BCUT2D eigenvalue weighted by Gasteiger charge is -2.37. The van der Waals surface area contributed by atoms with Crippen molar-refractivity contribution < 1.29 is 9.47 Å². The zero-order valence-corrected chi connectivity index (χ0v) is 14.3. The lowest BCUT2D eigenvalue weighted by molar-refractivity contribution is -0.157. The third-order valence-corrected chi connectivity index (χ3v) is 4.82. The predicted molar refractivity (Wildman–Crippen MR) is 89.0 cm³/mol. The van der Waals surface area contributed by atoms with Gasteiger partial charge in [0.2, 0.25) is 0 Å². The summed E-state index contributed by atoms with van der Waals surface area (Å²) in [5, 5.41) is 19.0. The summed E-state index contributed by atoms with van der Waals surface area (Å²) >= 11 is 6.18. The van der Waals surface area contributed by atoms with Crippen molar-refractivity contribution in [1.82, 2.24) is 4.98 Å². The predicted octanol–water partition coefficient (Wildman–Crippen LogP) is 2.42. The molecule has 1 aromatic heterocycles. The summed E-state index contributed by atoms with van der Waals surface area (Å²) in [4.78, 5) is 6.42. The molecule has 2 aliphatic heterocycles. The van der Waals surface area contributed by atoms with Gasteiger partial charge in [-0.3, -0.25) is 0 Å². The van der Waals surface area contributed by atoms with E-state index >= 15 is 0 Å². The quantitative estimate of drug-likeness (QED) is 0.779. The number of aromatic nitrogens is 1. The molecule has 6 nitrogen and oxygen atoms in total. The van der Waals surface area contributed by atoms with Gasteiger partial charge in [0.25, 0.3) is 0 Å². The minimum absolute atomic E-state index is 0.174. The SMILES string of the molecule is CCc1c(C#N)c(Cl)nc(N2CCC(OC3COC3)CC2)c1C#N. The molecule has 0 radical (unpaired) electrons. The molecule has 0 N–H and O–H groups in total. The van der Waals surface area contributed by atoms with Crippen LogP contribution in [0.15, 0.2) is 0 Å². The molecule has 0 atom stereocenters. The highest BCUT2D eigenvalue weighted by molar-refractivity contribution is 6.30. The van der Waals surface area contributed by atoms with Gasteiger partial charge in [0.1, 0.15) is 29.2 Å². The van der Waals surface area contributed by atoms with Crippen LogP contribution < -0.4 is 4.90 Å². The van der Waals surface area contributed by atoms with E-state index in [2.05, 4.69) is 22.0 Å². The second-order valence-corrected chi connectivity index (χ2v) is 6.37. The van der Waals surface area contributed by atoms with Crippen molar-refractivity contribution in [3.05, 3.63) is 21.8 Å². The van der Waals surface area contributed by atoms with E-state index in [0.29, 0.717) is 42.1 Å². The molecule has 0 amide bonds. The molecule has 1 aromatic rings. The van der Waals surface area contributed by atoms with Gasteiger partial charge in [-0.1, -0.05) is 18.5 Å². The zero-order chi connectivity index (χ0) is 17.1. The van der Waals surface area contributed by atoms with Gasteiger partial charge >= 0.3 is 0 Å². The normalized spacial score (nSPS) is 18.8. The van der Waals surface area contributed by atoms with Gasteiger partial charge in [-0.15, -0.1) is 0 Å². The lowest BCUT2D eigenvalue weighted by atomic mass is 10.0. The number of hydrogen-bond donors (Lipinski definition) is 0. The van der Waals surface area contributed by atoms with Gasteiger partial charge in [-0.25, -0.2) is 4.98 Å². The molecule has 2 aliphatic rings. The first-order valence-corrected chi connectivity index (χ1v) is 8.56. The first kappa shape index (κ1) is 17.0. The number of rotatable bonds is 4. The molecule has 2 fully saturated rings. The first-order chi connectivity index (χ1) is 11.7. The van der Waals surface area contributed by atoms with Crippen LogP contribution in [0.1, 0.15) is 36.5 Å². The van der Waals surface area contributed by atoms with Crippen molar-refractivity contribution >= 4 is 17.4 Å². The van der Waals surface area contributed by atoms with Crippen LogP contribution in [0.5, 0.6) is 0 Å². The number of anilines is 1. The van der Waals surface area contributed by atoms with Crippen molar-refractivity contribution in [1.29, 1.82) is 10.5 Å². The van der Waals surface area contributed by atoms with E-state index in [0.717, 1.165) is 25.9 Å². The summed E-state index contributed by atoms with van der Waals surface area (Å²) < 4.78 is 11.1. The van der Waals surface area contributed by atoms with E-state index in [-0.39, 0.29) is 17.4 Å². The molecule has 7 heteroatoms. The number of hydrogen-bond acceptors (Lipinski definition) is 6. The summed E-state index contributed by atoms with van der Waals surface area (Å²) in [6, 6.07) is 4.28. The third-order valence-electron chi connectivity index (χ3n) is 4.55. The van der Waals surface area contributed by atoms with Crippen molar-refractivity contribution in [2.24, 2.45) is 0 Å². The highest BCUT2D eigenvalue weighted by atomic mass is 35.5. The molecule has 0 unspecified atom stereocenters. The van der Waals surface area contributed by atoms with Gasteiger partial charge in [-0.2, -0.15) is 10.5 Å². The molecular weight excluding hydrogens is 328 g/mol. The number of halogens is 1. The number of pyridine rings is 1. The summed E-state index contributed by atoms with van der Waals surface area (Å²) in [5.41, 5.74) is 1.45. The summed E-state index contributed by atoms with van der Waals surface area (Å²) in [6.07, 6.45) is 2.78. The maximum Gasteiger partial charge on any atom is 0.149 e. The van der Waals surface area contributed by atoms with Crippen LogP contribution in [0.25, 0.3) is 0 Å². The van der Waals surface area contributed by atoms with Crippen LogP contribution in [-0.2, 0) is 15.9 Å². The second kappa shape index (κ2) is 7.36. The largest absolute Gasteiger partial charge is 0.376 e. The van der Waals surface area contributed by atoms with Gasteiger partial charge < -0.3 is 14.4 Å². The molecule has 0 saturated carbocycles. The third kappa shape index (κ3) is 3.18. The standard InChI is InChI=1S/C17H19ClN4O2/c1-2-13-14(7-19)16(18)21-17(15(13)8-20)22-5-3-11(4-6-22)24-12-9-23-10-12/h11-12H,2-6,9-10H2,1H3. The average Bonchev–Trinajstić information content (AvgIpc) is 2.57. The van der Waals surface area contributed by atoms with Gasteiger partial charge in [0.05, 0.1) is 30.4 Å². The molecular formula is C17H19ClN4O2. The minimum atomic E-state index is 0.174. The van der Waals surface area contributed by atoms with Gasteiger partial charge in [0.15, 0.2) is 0 Å². The number of piperidine rings is 1. The maximum atomic E-state index is 9.57. The topological polar surface area (TPSA) is 82.2 Å². The fraction of sp³-hybridized carbons (Fsp3) is 0.588. The Morgan fingerprint density at radius 3 is 2.38 bits per heavy atom. The highest BCUT2D eigenvalue weighted by Gasteiger charge is 2.29. The molecule has 24 heavy (non-hydrogen) atoms. The van der Waals surface area contributed by atoms with Crippen molar-refractivity contribution in [2.45, 2.75) is 38.4 Å². The van der Waals surface area contributed by atoms with Crippen molar-refractivity contribution in [3.8, 4) is 12.1 Å². The smallest absolute Gasteiger partial charge is 0.149 e. The minimum Gasteiger partial charge on any atom is -0.376 e. The van der Waals surface area contributed by atoms with Crippen LogP contribution in [0.4, 0.5) is 5.82 Å². The fourth-order valence-electron chi connectivity index (χ4n) is 3.17. The van der Waals surface area contributed by atoms with Crippen LogP contribution in [0, 0.1) is 22.7 Å². The van der Waals surface area contributed by atoms with E-state index in [9.17, 15) is 10.5 Å². The van der Waals surface area contributed by atoms with Crippen molar-refractivity contribution in [3.63, 3.8) is 0 Å². The van der Waals surface area contributed by atoms with E-state index in [1.165, 1.54) is 0 Å². The van der Waals surface area contributed by atoms with Crippen LogP contribution in [0.3, 0.4) is 0 Å². The molecule has 0 aromatic carbocycles. The molecule has 2 saturated heterocycles. The molecule has 0 bridgehead atoms. The summed E-state index contributed by atoms with van der Waals surface area (Å²) in [6.45, 7) is 4.80. The Bertz CT molecular complexity index is 698. The summed E-state index contributed by atoms with van der Waals surface area (Å²) in [5.74, 6) is 0.587. The van der Waals surface area contributed by atoms with E-state index < -0.39 is 0 Å². The monoisotopic (exact) mass is 346 g/mol. The fourth-order valence-corrected chi connectivity index (χ4v) is 3.41. The molecule has 3 rings (SSSR count).